The zero-order valence-electron chi connectivity index (χ0n) is 11.2. The van der Waals surface area contributed by atoms with Gasteiger partial charge in [0.1, 0.15) is 0 Å². The fourth-order valence-corrected chi connectivity index (χ4v) is 1.94. The third-order valence-electron chi connectivity index (χ3n) is 3.00. The molecule has 0 atom stereocenters. The van der Waals surface area contributed by atoms with E-state index in [1.54, 1.807) is 0 Å². The Hall–Kier alpha value is -0.520. The van der Waals surface area contributed by atoms with E-state index in [1.165, 1.54) is 70.6 Å². The molecule has 0 aromatic carbocycles. The molecule has 0 saturated heterocycles. The fraction of sp³-hybridized carbons (Fsp3) is 0.750. The molecule has 0 radical (unpaired) electrons. The standard InChI is InChI=1S/C16H30/c1-3-5-7-9-11-13-15-16-14-12-10-8-6-4-2/h3,5,7H,1,4,6,8-16H2,2H3/b7-5+. The minimum Gasteiger partial charge on any atom is -0.0991 e. The Balaban J connectivity index is 2.93. The topological polar surface area (TPSA) is 0 Å². The summed E-state index contributed by atoms with van der Waals surface area (Å²) in [5.41, 5.74) is 0. The summed E-state index contributed by atoms with van der Waals surface area (Å²) in [5.74, 6) is 0. The quantitative estimate of drug-likeness (QED) is 0.279. The second kappa shape index (κ2) is 14.5. The molecule has 0 aromatic rings. The molecule has 0 fully saturated rings. The second-order valence-corrected chi connectivity index (χ2v) is 4.63. The first-order valence-corrected chi connectivity index (χ1v) is 7.19. The van der Waals surface area contributed by atoms with Crippen LogP contribution in [0.2, 0.25) is 0 Å². The van der Waals surface area contributed by atoms with Crippen molar-refractivity contribution in [3.63, 3.8) is 0 Å². The van der Waals surface area contributed by atoms with Gasteiger partial charge in [-0.1, -0.05) is 89.5 Å². The van der Waals surface area contributed by atoms with E-state index < -0.39 is 0 Å². The summed E-state index contributed by atoms with van der Waals surface area (Å²) < 4.78 is 0. The maximum atomic E-state index is 3.66. The van der Waals surface area contributed by atoms with Crippen molar-refractivity contribution in [1.29, 1.82) is 0 Å². The van der Waals surface area contributed by atoms with Gasteiger partial charge in [-0.25, -0.2) is 0 Å². The van der Waals surface area contributed by atoms with Crippen molar-refractivity contribution in [2.45, 2.75) is 77.6 Å². The van der Waals surface area contributed by atoms with Crippen molar-refractivity contribution < 1.29 is 0 Å². The number of rotatable bonds is 12. The first-order chi connectivity index (χ1) is 7.91. The highest BCUT2D eigenvalue weighted by Gasteiger charge is 1.91. The zero-order chi connectivity index (χ0) is 11.9. The highest BCUT2D eigenvalue weighted by molar-refractivity contribution is 4.96. The molecule has 0 aliphatic carbocycles. The van der Waals surface area contributed by atoms with Crippen molar-refractivity contribution in [1.82, 2.24) is 0 Å². The molecule has 0 N–H and O–H groups in total. The average molecular weight is 222 g/mol. The Morgan fingerprint density at radius 3 is 1.75 bits per heavy atom. The molecule has 0 amide bonds. The third kappa shape index (κ3) is 13.5. The molecule has 0 nitrogen and oxygen atoms in total. The summed E-state index contributed by atoms with van der Waals surface area (Å²) in [6.07, 6.45) is 21.6. The van der Waals surface area contributed by atoms with Gasteiger partial charge in [-0.05, 0) is 12.8 Å². The van der Waals surface area contributed by atoms with Gasteiger partial charge in [0.05, 0.1) is 0 Å². The van der Waals surface area contributed by atoms with E-state index >= 15 is 0 Å². The third-order valence-corrected chi connectivity index (χ3v) is 3.00. The largest absolute Gasteiger partial charge is 0.0991 e. The summed E-state index contributed by atoms with van der Waals surface area (Å²) in [4.78, 5) is 0. The maximum absolute atomic E-state index is 3.66. The van der Waals surface area contributed by atoms with Crippen molar-refractivity contribution >= 4 is 0 Å². The summed E-state index contributed by atoms with van der Waals surface area (Å²) >= 11 is 0. The average Bonchev–Trinajstić information content (AvgIpc) is 2.31. The van der Waals surface area contributed by atoms with Crippen LogP contribution >= 0.6 is 0 Å². The Kier molecular flexibility index (Phi) is 14.0. The van der Waals surface area contributed by atoms with E-state index in [9.17, 15) is 0 Å². The van der Waals surface area contributed by atoms with Gasteiger partial charge in [0.15, 0.2) is 0 Å². The highest BCUT2D eigenvalue weighted by Crippen LogP contribution is 2.11. The molecule has 0 aliphatic heterocycles. The van der Waals surface area contributed by atoms with Crippen molar-refractivity contribution in [3.8, 4) is 0 Å². The van der Waals surface area contributed by atoms with Gasteiger partial charge in [-0.15, -0.1) is 0 Å². The van der Waals surface area contributed by atoms with E-state index in [0.29, 0.717) is 0 Å². The van der Waals surface area contributed by atoms with Crippen LogP contribution in [-0.4, -0.2) is 0 Å². The molecule has 0 aromatic heterocycles. The van der Waals surface area contributed by atoms with Crippen molar-refractivity contribution in [2.75, 3.05) is 0 Å². The molecule has 0 unspecified atom stereocenters. The maximum Gasteiger partial charge on any atom is -0.0348 e. The van der Waals surface area contributed by atoms with E-state index in [1.807, 2.05) is 12.2 Å². The van der Waals surface area contributed by atoms with Crippen LogP contribution in [0.3, 0.4) is 0 Å². The smallest absolute Gasteiger partial charge is 0.0348 e. The molecule has 0 heteroatoms. The van der Waals surface area contributed by atoms with Crippen LogP contribution in [0.25, 0.3) is 0 Å². The monoisotopic (exact) mass is 222 g/mol. The van der Waals surface area contributed by atoms with E-state index in [0.717, 1.165) is 0 Å². The van der Waals surface area contributed by atoms with Gasteiger partial charge >= 0.3 is 0 Å². The molecule has 0 aliphatic rings. The van der Waals surface area contributed by atoms with Gasteiger partial charge in [-0.3, -0.25) is 0 Å². The second-order valence-electron chi connectivity index (χ2n) is 4.63. The zero-order valence-corrected chi connectivity index (χ0v) is 11.2. The van der Waals surface area contributed by atoms with Crippen LogP contribution in [0, 0.1) is 0 Å². The lowest BCUT2D eigenvalue weighted by Crippen LogP contribution is -1.81. The predicted octanol–water partition coefficient (Wildman–Crippen LogP) is 6.04. The molecule has 0 bridgehead atoms. The van der Waals surface area contributed by atoms with E-state index in [-0.39, 0.29) is 0 Å². The van der Waals surface area contributed by atoms with Crippen LogP contribution in [0.5, 0.6) is 0 Å². The Labute approximate surface area is 103 Å². The highest BCUT2D eigenvalue weighted by atomic mass is 14.0. The number of hydrogen-bond acceptors (Lipinski definition) is 0. The molecular weight excluding hydrogens is 192 g/mol. The minimum atomic E-state index is 1.22. The Morgan fingerprint density at radius 2 is 1.25 bits per heavy atom. The lowest BCUT2D eigenvalue weighted by atomic mass is 10.1. The van der Waals surface area contributed by atoms with Gasteiger partial charge in [-0.2, -0.15) is 0 Å². The van der Waals surface area contributed by atoms with Crippen LogP contribution in [0.15, 0.2) is 24.8 Å². The Bertz CT molecular complexity index is 155. The number of hydrogen-bond donors (Lipinski definition) is 0. The first kappa shape index (κ1) is 15.5. The molecule has 0 heterocycles. The molecular formula is C16H30. The predicted molar refractivity (Wildman–Crippen MR) is 75.8 cm³/mol. The van der Waals surface area contributed by atoms with Gasteiger partial charge in [0.25, 0.3) is 0 Å². The number of unbranched alkanes of at least 4 members (excludes halogenated alkanes) is 10. The normalized spacial score (nSPS) is 11.1. The summed E-state index contributed by atoms with van der Waals surface area (Å²) in [6.45, 7) is 5.94. The summed E-state index contributed by atoms with van der Waals surface area (Å²) in [5, 5.41) is 0. The minimum absolute atomic E-state index is 1.22. The van der Waals surface area contributed by atoms with Crippen LogP contribution < -0.4 is 0 Å². The van der Waals surface area contributed by atoms with E-state index in [2.05, 4.69) is 19.6 Å². The lowest BCUT2D eigenvalue weighted by Gasteiger charge is -2.01. The molecule has 0 rings (SSSR count). The van der Waals surface area contributed by atoms with Gasteiger partial charge in [0, 0.05) is 0 Å². The summed E-state index contributed by atoms with van der Waals surface area (Å²) in [7, 11) is 0. The van der Waals surface area contributed by atoms with Crippen molar-refractivity contribution in [3.05, 3.63) is 24.8 Å². The van der Waals surface area contributed by atoms with Crippen LogP contribution in [-0.2, 0) is 0 Å². The summed E-state index contributed by atoms with van der Waals surface area (Å²) in [6, 6.07) is 0. The van der Waals surface area contributed by atoms with Crippen LogP contribution in [0.1, 0.15) is 77.6 Å². The molecule has 0 spiro atoms. The first-order valence-electron chi connectivity index (χ1n) is 7.19. The van der Waals surface area contributed by atoms with E-state index in [4.69, 9.17) is 0 Å². The van der Waals surface area contributed by atoms with Crippen molar-refractivity contribution in [2.24, 2.45) is 0 Å². The SMILES string of the molecule is C=C/C=C/CCCCCCCCCCCC. The molecule has 16 heavy (non-hydrogen) atoms. The van der Waals surface area contributed by atoms with Gasteiger partial charge in [0.2, 0.25) is 0 Å². The Morgan fingerprint density at radius 1 is 0.750 bits per heavy atom. The fourth-order valence-electron chi connectivity index (χ4n) is 1.94. The molecule has 94 valence electrons. The van der Waals surface area contributed by atoms with Gasteiger partial charge < -0.3 is 0 Å². The number of allylic oxidation sites excluding steroid dienone is 3. The lowest BCUT2D eigenvalue weighted by molar-refractivity contribution is 0.557. The van der Waals surface area contributed by atoms with Crippen LogP contribution in [0.4, 0.5) is 0 Å². The molecule has 0 saturated carbocycles.